The second-order valence-electron chi connectivity index (χ2n) is 6.71. The molecule has 3 rings (SSSR count). The minimum atomic E-state index is -2.14. The second-order valence-corrected chi connectivity index (χ2v) is 9.59. The fourth-order valence-electron chi connectivity index (χ4n) is 4.07. The standard InChI is InChI=1S/C16H29N5P.ClH/c1-15(19-8-2-3-9-19)16(14-17)22(18,20-10-4-5-11-20)21-12-6-7-13-21;/h2-13,18H2,1H3;1H/q+1;/p-1/b16-15-;. The molecule has 2 N–H and O–H groups in total. The highest BCUT2D eigenvalue weighted by molar-refractivity contribution is 7.73. The number of nitriles is 1. The topological polar surface area (TPSA) is 59.5 Å². The number of likely N-dealkylation sites (tertiary alicyclic amines) is 1. The highest BCUT2D eigenvalue weighted by Gasteiger charge is 2.55. The van der Waals surface area contributed by atoms with Crippen LogP contribution in [-0.2, 0) is 0 Å². The molecule has 0 radical (unpaired) electrons. The molecule has 0 aliphatic carbocycles. The van der Waals surface area contributed by atoms with Crippen LogP contribution in [0.2, 0.25) is 0 Å². The highest BCUT2D eigenvalue weighted by Crippen LogP contribution is 2.67. The van der Waals surface area contributed by atoms with E-state index in [9.17, 15) is 5.26 Å². The first kappa shape index (κ1) is 19.0. The first-order chi connectivity index (χ1) is 10.7. The van der Waals surface area contributed by atoms with Gasteiger partial charge in [-0.25, -0.2) is 0 Å². The Kier molecular flexibility index (Phi) is 6.71. The average molecular weight is 358 g/mol. The molecule has 5 nitrogen and oxygen atoms in total. The number of nitrogens with two attached hydrogens (primary N) is 1. The van der Waals surface area contributed by atoms with Gasteiger partial charge in [0.25, 0.3) is 7.71 Å². The summed E-state index contributed by atoms with van der Waals surface area (Å²) in [5.41, 5.74) is 8.24. The van der Waals surface area contributed by atoms with Crippen molar-refractivity contribution in [2.45, 2.75) is 45.4 Å². The first-order valence-corrected chi connectivity index (χ1v) is 10.5. The van der Waals surface area contributed by atoms with Gasteiger partial charge in [-0.05, 0) is 45.4 Å². The van der Waals surface area contributed by atoms with Crippen molar-refractivity contribution in [3.05, 3.63) is 11.0 Å². The van der Waals surface area contributed by atoms with Crippen molar-refractivity contribution < 1.29 is 12.4 Å². The maximum Gasteiger partial charge on any atom is 0.269 e. The Morgan fingerprint density at radius 3 is 1.65 bits per heavy atom. The number of nitrogens with zero attached hydrogens (tertiary/aromatic N) is 4. The van der Waals surface area contributed by atoms with E-state index in [4.69, 9.17) is 5.50 Å². The van der Waals surface area contributed by atoms with Gasteiger partial charge in [-0.3, -0.25) is 0 Å². The minimum absolute atomic E-state index is 0. The number of allylic oxidation sites excluding steroid dienone is 2. The van der Waals surface area contributed by atoms with E-state index in [1.54, 1.807) is 0 Å². The lowest BCUT2D eigenvalue weighted by Crippen LogP contribution is -3.00. The molecule has 7 heteroatoms. The van der Waals surface area contributed by atoms with Crippen LogP contribution in [0.15, 0.2) is 11.0 Å². The third-order valence-electron chi connectivity index (χ3n) is 5.39. The molecule has 0 aromatic heterocycles. The average Bonchev–Trinajstić information content (AvgIpc) is 3.30. The van der Waals surface area contributed by atoms with Crippen molar-refractivity contribution in [2.24, 2.45) is 5.50 Å². The Morgan fingerprint density at radius 1 is 0.870 bits per heavy atom. The van der Waals surface area contributed by atoms with Gasteiger partial charge in [-0.1, -0.05) is 0 Å². The van der Waals surface area contributed by atoms with Crippen LogP contribution in [0.25, 0.3) is 0 Å². The van der Waals surface area contributed by atoms with Crippen molar-refractivity contribution in [1.29, 1.82) is 5.26 Å². The molecule has 0 unspecified atom stereocenters. The Morgan fingerprint density at radius 2 is 1.26 bits per heavy atom. The highest BCUT2D eigenvalue weighted by atomic mass is 35.5. The second kappa shape index (κ2) is 8.14. The van der Waals surface area contributed by atoms with Crippen molar-refractivity contribution in [2.75, 3.05) is 39.3 Å². The normalized spacial score (nSPS) is 24.5. The van der Waals surface area contributed by atoms with Gasteiger partial charge in [-0.2, -0.15) is 10.8 Å². The molecule has 3 aliphatic heterocycles. The lowest BCUT2D eigenvalue weighted by atomic mass is 10.4. The fraction of sp³-hybridized carbons (Fsp3) is 0.812. The predicted molar refractivity (Wildman–Crippen MR) is 91.8 cm³/mol. The summed E-state index contributed by atoms with van der Waals surface area (Å²) in [5.74, 6) is 0. The summed E-state index contributed by atoms with van der Waals surface area (Å²) in [6, 6.07) is 2.55. The number of rotatable bonds is 4. The predicted octanol–water partition coefficient (Wildman–Crippen LogP) is -0.246. The van der Waals surface area contributed by atoms with Crippen LogP contribution in [0.1, 0.15) is 45.4 Å². The summed E-state index contributed by atoms with van der Waals surface area (Å²) >= 11 is 0. The molecule has 23 heavy (non-hydrogen) atoms. The summed E-state index contributed by atoms with van der Waals surface area (Å²) < 4.78 is 4.91. The zero-order valence-corrected chi connectivity index (χ0v) is 15.8. The van der Waals surface area contributed by atoms with Crippen LogP contribution in [0, 0.1) is 11.3 Å². The van der Waals surface area contributed by atoms with Gasteiger partial charge >= 0.3 is 0 Å². The monoisotopic (exact) mass is 357 g/mol. The summed E-state index contributed by atoms with van der Waals surface area (Å²) in [7, 11) is -2.14. The molecule has 3 heterocycles. The Labute approximate surface area is 147 Å². The number of hydrogen-bond donors (Lipinski definition) is 1. The van der Waals surface area contributed by atoms with E-state index >= 15 is 0 Å². The molecular formula is C16H29ClN5P. The first-order valence-electron chi connectivity index (χ1n) is 8.73. The SMILES string of the molecule is C/C(=C(\C#N)[P+](N)(N1CCCC1)N1CCCC1)N1CCCC1.[Cl-]. The van der Waals surface area contributed by atoms with Crippen LogP contribution in [0.4, 0.5) is 0 Å². The molecule has 0 bridgehead atoms. The molecule has 0 amide bonds. The van der Waals surface area contributed by atoms with Crippen molar-refractivity contribution in [1.82, 2.24) is 14.2 Å². The van der Waals surface area contributed by atoms with Crippen LogP contribution in [0.5, 0.6) is 0 Å². The number of halogens is 1. The van der Waals surface area contributed by atoms with E-state index in [0.717, 1.165) is 50.3 Å². The van der Waals surface area contributed by atoms with E-state index in [1.165, 1.54) is 38.5 Å². The molecular weight excluding hydrogens is 329 g/mol. The lowest BCUT2D eigenvalue weighted by Gasteiger charge is -2.36. The smallest absolute Gasteiger partial charge is 0.269 e. The maximum atomic E-state index is 9.97. The quantitative estimate of drug-likeness (QED) is 0.555. The molecule has 0 aromatic carbocycles. The molecule has 0 spiro atoms. The summed E-state index contributed by atoms with van der Waals surface area (Å²) in [4.78, 5) is 2.38. The van der Waals surface area contributed by atoms with E-state index in [0.29, 0.717) is 0 Å². The van der Waals surface area contributed by atoms with E-state index in [1.807, 2.05) is 0 Å². The number of hydrogen-bond acceptors (Lipinski definition) is 5. The van der Waals surface area contributed by atoms with Crippen molar-refractivity contribution >= 4 is 7.71 Å². The van der Waals surface area contributed by atoms with Crippen LogP contribution < -0.4 is 17.9 Å². The molecule has 3 saturated heterocycles. The molecule has 0 aromatic rings. The Balaban J connectivity index is 0.00000192. The van der Waals surface area contributed by atoms with Gasteiger partial charge in [0.05, 0.1) is 5.70 Å². The van der Waals surface area contributed by atoms with Crippen molar-refractivity contribution in [3.8, 4) is 6.07 Å². The molecule has 3 aliphatic rings. The molecule has 0 atom stereocenters. The van der Waals surface area contributed by atoms with Gasteiger partial charge in [0.1, 0.15) is 6.07 Å². The molecule has 0 saturated carbocycles. The third kappa shape index (κ3) is 3.52. The van der Waals surface area contributed by atoms with Crippen LogP contribution >= 0.6 is 7.71 Å². The summed E-state index contributed by atoms with van der Waals surface area (Å²) in [5, 5.41) is 10.9. The van der Waals surface area contributed by atoms with E-state index < -0.39 is 7.71 Å². The van der Waals surface area contributed by atoms with Gasteiger partial charge in [0, 0.05) is 39.3 Å². The zero-order chi connectivity index (χ0) is 15.6. The lowest BCUT2D eigenvalue weighted by molar-refractivity contribution is -0.00000526. The van der Waals surface area contributed by atoms with Crippen LogP contribution in [0.3, 0.4) is 0 Å². The summed E-state index contributed by atoms with van der Waals surface area (Å²) in [6.45, 7) is 8.50. The van der Waals surface area contributed by atoms with E-state index in [2.05, 4.69) is 27.2 Å². The largest absolute Gasteiger partial charge is 1.00 e. The van der Waals surface area contributed by atoms with Gasteiger partial charge in [0.2, 0.25) is 5.31 Å². The Bertz CT molecular complexity index is 455. The van der Waals surface area contributed by atoms with Crippen molar-refractivity contribution in [3.63, 3.8) is 0 Å². The van der Waals surface area contributed by atoms with Crippen LogP contribution in [-0.4, -0.2) is 53.5 Å². The fourth-order valence-corrected chi connectivity index (χ4v) is 7.54. The third-order valence-corrected chi connectivity index (χ3v) is 8.99. The molecule has 130 valence electrons. The Hall–Kier alpha value is -0.370. The molecule has 3 fully saturated rings. The summed E-state index contributed by atoms with van der Waals surface area (Å²) in [6.07, 6.45) is 7.34. The maximum absolute atomic E-state index is 9.97. The van der Waals surface area contributed by atoms with Gasteiger partial charge in [0.15, 0.2) is 0 Å². The zero-order valence-electron chi connectivity index (χ0n) is 14.2. The van der Waals surface area contributed by atoms with E-state index in [-0.39, 0.29) is 12.4 Å². The van der Waals surface area contributed by atoms with Gasteiger partial charge < -0.3 is 17.3 Å². The minimum Gasteiger partial charge on any atom is -1.00 e. The van der Waals surface area contributed by atoms with Gasteiger partial charge in [-0.15, -0.1) is 9.34 Å².